The van der Waals surface area contributed by atoms with Crippen LogP contribution in [0.5, 0.6) is 5.75 Å². The predicted octanol–water partition coefficient (Wildman–Crippen LogP) is 5.51. The van der Waals surface area contributed by atoms with Gasteiger partial charge in [-0.05, 0) is 62.1 Å². The molecule has 2 unspecified atom stereocenters. The maximum atomic E-state index is 14.4. The summed E-state index contributed by atoms with van der Waals surface area (Å²) < 4.78 is 17.0. The molecular weight excluding hydrogens is 598 g/mol. The minimum atomic E-state index is -0.680. The average Bonchev–Trinajstić information content (AvgIpc) is 3.93. The lowest BCUT2D eigenvalue weighted by Gasteiger charge is -2.36. The van der Waals surface area contributed by atoms with Crippen molar-refractivity contribution in [3.63, 3.8) is 0 Å². The Labute approximate surface area is 275 Å². The first-order valence-electron chi connectivity index (χ1n) is 16.4. The Bertz CT molecular complexity index is 1620. The summed E-state index contributed by atoms with van der Waals surface area (Å²) in [6.07, 6.45) is 1.44. The first-order valence-corrected chi connectivity index (χ1v) is 16.4. The van der Waals surface area contributed by atoms with E-state index in [2.05, 4.69) is 5.32 Å². The molecule has 3 aromatic carbocycles. The highest BCUT2D eigenvalue weighted by Gasteiger charge is 2.40. The van der Waals surface area contributed by atoms with Gasteiger partial charge in [0.2, 0.25) is 5.91 Å². The number of nitrogens with zero attached hydrogens (tertiary/aromatic N) is 2. The maximum absolute atomic E-state index is 14.4. The van der Waals surface area contributed by atoms with Crippen LogP contribution in [0.3, 0.4) is 0 Å². The molecule has 2 atom stereocenters. The third-order valence-corrected chi connectivity index (χ3v) is 8.98. The molecule has 2 fully saturated rings. The van der Waals surface area contributed by atoms with Crippen molar-refractivity contribution < 1.29 is 33.4 Å². The molecule has 246 valence electrons. The summed E-state index contributed by atoms with van der Waals surface area (Å²) in [6, 6.07) is 19.7. The van der Waals surface area contributed by atoms with Crippen LogP contribution in [-0.2, 0) is 19.1 Å². The zero-order chi connectivity index (χ0) is 33.1. The minimum absolute atomic E-state index is 0.101. The van der Waals surface area contributed by atoms with Gasteiger partial charge >= 0.3 is 5.97 Å². The predicted molar refractivity (Wildman–Crippen MR) is 175 cm³/mol. The molecule has 3 aromatic rings. The lowest BCUT2D eigenvalue weighted by atomic mass is 9.78. The van der Waals surface area contributed by atoms with Gasteiger partial charge in [-0.2, -0.15) is 0 Å². The van der Waals surface area contributed by atoms with Crippen LogP contribution in [0.1, 0.15) is 89.3 Å². The van der Waals surface area contributed by atoms with Gasteiger partial charge in [0.1, 0.15) is 5.75 Å². The van der Waals surface area contributed by atoms with Crippen molar-refractivity contribution in [1.29, 1.82) is 0 Å². The van der Waals surface area contributed by atoms with E-state index in [4.69, 9.17) is 14.2 Å². The number of hydrogen-bond acceptors (Lipinski definition) is 8. The summed E-state index contributed by atoms with van der Waals surface area (Å²) in [5, 5.41) is 3.54. The third kappa shape index (κ3) is 6.94. The Kier molecular flexibility index (Phi) is 9.70. The molecule has 1 aliphatic carbocycles. The van der Waals surface area contributed by atoms with Gasteiger partial charge in [0.05, 0.1) is 17.5 Å². The Balaban J connectivity index is 1.28. The molecule has 3 aliphatic rings. The lowest BCUT2D eigenvalue weighted by molar-refractivity contribution is -0.140. The standard InChI is InChI=1S/C37H41N3O7/c1-4-45-37(46-5-2)28-17-11-25(12-18-28)33-31(34(42)32-29(38-33)7-6-8-30(32)47-23(3)41)24-9-13-26(14-10-24)35(43)39-19-21-40(22-20-39)36(44)27-15-16-27/h6-14,17-18,27,31,33,37-38H,4-5,15-16,19-22H2,1-3H3. The van der Waals surface area contributed by atoms with Gasteiger partial charge in [-0.3, -0.25) is 19.2 Å². The van der Waals surface area contributed by atoms with Crippen LogP contribution >= 0.6 is 0 Å². The number of Topliss-reactive ketones (excluding diaryl/α,β-unsaturated/α-hetero) is 1. The monoisotopic (exact) mass is 639 g/mol. The molecule has 0 radical (unpaired) electrons. The molecule has 1 saturated heterocycles. The Morgan fingerprint density at radius 2 is 1.45 bits per heavy atom. The normalized spacial score (nSPS) is 19.3. The van der Waals surface area contributed by atoms with Crippen LogP contribution in [0.4, 0.5) is 5.69 Å². The number of esters is 1. The molecule has 6 rings (SSSR count). The van der Waals surface area contributed by atoms with Gasteiger partial charge < -0.3 is 29.3 Å². The molecule has 2 amide bonds. The number of piperazine rings is 1. The van der Waals surface area contributed by atoms with Gasteiger partial charge in [-0.1, -0.05) is 42.5 Å². The van der Waals surface area contributed by atoms with Gasteiger partial charge in [0, 0.05) is 69.0 Å². The zero-order valence-corrected chi connectivity index (χ0v) is 27.1. The van der Waals surface area contributed by atoms with E-state index in [9.17, 15) is 19.2 Å². The zero-order valence-electron chi connectivity index (χ0n) is 27.1. The molecule has 0 aromatic heterocycles. The van der Waals surface area contributed by atoms with Crippen LogP contribution in [0.15, 0.2) is 66.7 Å². The molecule has 2 aliphatic heterocycles. The Morgan fingerprint density at radius 1 is 0.830 bits per heavy atom. The number of ketones is 1. The highest BCUT2D eigenvalue weighted by Crippen LogP contribution is 2.45. The van der Waals surface area contributed by atoms with E-state index in [-0.39, 0.29) is 29.3 Å². The number of amides is 2. The van der Waals surface area contributed by atoms with Gasteiger partial charge in [-0.25, -0.2) is 0 Å². The number of carbonyl (C=O) groups excluding carboxylic acids is 4. The number of anilines is 1. The molecule has 0 bridgehead atoms. The van der Waals surface area contributed by atoms with Gasteiger partial charge in [-0.15, -0.1) is 0 Å². The summed E-state index contributed by atoms with van der Waals surface area (Å²) in [7, 11) is 0. The summed E-state index contributed by atoms with van der Waals surface area (Å²) >= 11 is 0. The van der Waals surface area contributed by atoms with Crippen molar-refractivity contribution in [2.24, 2.45) is 5.92 Å². The lowest BCUT2D eigenvalue weighted by Crippen LogP contribution is -2.51. The van der Waals surface area contributed by atoms with Crippen molar-refractivity contribution in [3.05, 3.63) is 94.5 Å². The SMILES string of the molecule is CCOC(OCC)c1ccc(C2Nc3cccc(OC(C)=O)c3C(=O)C2c2ccc(C(=O)N3CCN(C(=O)C4CC4)CC3)cc2)cc1. The third-order valence-electron chi connectivity index (χ3n) is 8.98. The van der Waals surface area contributed by atoms with E-state index in [0.717, 1.165) is 29.5 Å². The summed E-state index contributed by atoms with van der Waals surface area (Å²) in [6.45, 7) is 8.22. The fraction of sp³-hybridized carbons (Fsp3) is 0.405. The van der Waals surface area contributed by atoms with Crippen molar-refractivity contribution in [2.75, 3.05) is 44.7 Å². The Hall–Kier alpha value is -4.54. The van der Waals surface area contributed by atoms with E-state index < -0.39 is 24.2 Å². The second-order valence-corrected chi connectivity index (χ2v) is 12.2. The first kappa shape index (κ1) is 32.4. The number of nitrogens with one attached hydrogen (secondary N) is 1. The topological polar surface area (TPSA) is 114 Å². The van der Waals surface area contributed by atoms with Crippen molar-refractivity contribution in [3.8, 4) is 5.75 Å². The summed E-state index contributed by atoms with van der Waals surface area (Å²) in [4.78, 5) is 55.8. The minimum Gasteiger partial charge on any atom is -0.426 e. The second-order valence-electron chi connectivity index (χ2n) is 12.2. The van der Waals surface area contributed by atoms with Crippen molar-refractivity contribution in [1.82, 2.24) is 9.80 Å². The molecular formula is C37H41N3O7. The molecule has 10 heteroatoms. The highest BCUT2D eigenvalue weighted by molar-refractivity contribution is 6.10. The van der Waals surface area contributed by atoms with Crippen LogP contribution in [0.2, 0.25) is 0 Å². The van der Waals surface area contributed by atoms with E-state index in [0.29, 0.717) is 56.2 Å². The van der Waals surface area contributed by atoms with Crippen LogP contribution in [0.25, 0.3) is 0 Å². The number of rotatable bonds is 10. The molecule has 1 N–H and O–H groups in total. The van der Waals surface area contributed by atoms with Crippen molar-refractivity contribution in [2.45, 2.75) is 51.9 Å². The summed E-state index contributed by atoms with van der Waals surface area (Å²) in [5.41, 5.74) is 3.87. The molecule has 0 spiro atoms. The quantitative estimate of drug-likeness (QED) is 0.176. The van der Waals surface area contributed by atoms with E-state index >= 15 is 0 Å². The van der Waals surface area contributed by atoms with Gasteiger partial charge in [0.25, 0.3) is 5.91 Å². The van der Waals surface area contributed by atoms with Crippen LogP contribution in [0, 0.1) is 5.92 Å². The Morgan fingerprint density at radius 3 is 2.04 bits per heavy atom. The smallest absolute Gasteiger partial charge is 0.308 e. The van der Waals surface area contributed by atoms with Gasteiger partial charge in [0.15, 0.2) is 12.1 Å². The van der Waals surface area contributed by atoms with E-state index in [1.54, 1.807) is 35.2 Å². The maximum Gasteiger partial charge on any atom is 0.308 e. The average molecular weight is 640 g/mol. The number of carbonyl (C=O) groups is 4. The fourth-order valence-electron chi connectivity index (χ4n) is 6.46. The first-order chi connectivity index (χ1) is 22.8. The molecule has 47 heavy (non-hydrogen) atoms. The highest BCUT2D eigenvalue weighted by atomic mass is 16.7. The number of benzene rings is 3. The molecule has 2 heterocycles. The van der Waals surface area contributed by atoms with Crippen LogP contribution < -0.4 is 10.1 Å². The summed E-state index contributed by atoms with van der Waals surface area (Å²) in [5.74, 6) is -0.910. The molecule has 1 saturated carbocycles. The van der Waals surface area contributed by atoms with E-state index in [1.165, 1.54) is 6.92 Å². The van der Waals surface area contributed by atoms with Crippen molar-refractivity contribution >= 4 is 29.3 Å². The molecule has 10 nitrogen and oxygen atoms in total. The number of hydrogen-bond donors (Lipinski definition) is 1. The largest absolute Gasteiger partial charge is 0.426 e. The van der Waals surface area contributed by atoms with Crippen LogP contribution in [-0.4, -0.2) is 72.8 Å². The number of ether oxygens (including phenoxy) is 3. The van der Waals surface area contributed by atoms with E-state index in [1.807, 2.05) is 55.1 Å². The fourth-order valence-corrected chi connectivity index (χ4v) is 6.46. The number of fused-ring (bicyclic) bond motifs is 1. The second kappa shape index (κ2) is 14.1.